The molecule has 0 bridgehead atoms. The average molecular weight is 451 g/mol. The molecule has 0 aliphatic carbocycles. The molecule has 0 heterocycles. The van der Waals surface area contributed by atoms with Gasteiger partial charge < -0.3 is 0 Å². The van der Waals surface area contributed by atoms with Crippen molar-refractivity contribution in [3.8, 4) is 0 Å². The van der Waals surface area contributed by atoms with Gasteiger partial charge in [-0.2, -0.15) is 0 Å². The summed E-state index contributed by atoms with van der Waals surface area (Å²) in [6.45, 7) is 15.2. The Balaban J connectivity index is 5.02. The zero-order valence-electron chi connectivity index (χ0n) is 17.2. The van der Waals surface area contributed by atoms with Gasteiger partial charge in [0.1, 0.15) is 0 Å². The number of rotatable bonds is 15. The molecule has 0 aromatic heterocycles. The fourth-order valence-electron chi connectivity index (χ4n) is 3.28. The molecule has 0 fully saturated rings. The van der Waals surface area contributed by atoms with E-state index in [1.165, 1.54) is 57.9 Å². The van der Waals surface area contributed by atoms with Crippen molar-refractivity contribution in [3.05, 3.63) is 0 Å². The van der Waals surface area contributed by atoms with Gasteiger partial charge in [0.05, 0.1) is 0 Å². The second-order valence-electron chi connectivity index (χ2n) is 8.42. The predicted octanol–water partition coefficient (Wildman–Crippen LogP) is 6.70. The van der Waals surface area contributed by atoms with E-state index in [0.717, 1.165) is 6.61 Å². The maximum absolute atomic E-state index is 6.43. The van der Waals surface area contributed by atoms with Crippen LogP contribution in [-0.2, 0) is 9.47 Å². The Morgan fingerprint density at radius 3 is 1.57 bits per heavy atom. The van der Waals surface area contributed by atoms with E-state index in [0.29, 0.717) is 0 Å². The molecule has 0 spiro atoms. The molecule has 0 N–H and O–H groups in total. The fourth-order valence-corrected chi connectivity index (χ4v) is 20.0. The van der Waals surface area contributed by atoms with Crippen molar-refractivity contribution in [3.63, 3.8) is 0 Å². The Hall–Kier alpha value is 0.936. The minimum atomic E-state index is -2.40. The van der Waals surface area contributed by atoms with Crippen molar-refractivity contribution in [2.75, 3.05) is 13.7 Å². The Morgan fingerprint density at radius 1 is 0.826 bits per heavy atom. The van der Waals surface area contributed by atoms with Crippen LogP contribution < -0.4 is 0 Å². The Labute approximate surface area is 152 Å². The molecule has 0 rings (SSSR count). The third kappa shape index (κ3) is 10.5. The van der Waals surface area contributed by atoms with Gasteiger partial charge in [0.25, 0.3) is 0 Å². The molecule has 0 saturated carbocycles. The van der Waals surface area contributed by atoms with Gasteiger partial charge in [0.2, 0.25) is 0 Å². The van der Waals surface area contributed by atoms with Gasteiger partial charge in [0, 0.05) is 0 Å². The number of ether oxygens (including phenoxy) is 2. The van der Waals surface area contributed by atoms with E-state index in [-0.39, 0.29) is 4.31 Å². The van der Waals surface area contributed by atoms with Crippen LogP contribution in [0.3, 0.4) is 0 Å². The van der Waals surface area contributed by atoms with Crippen LogP contribution in [-0.4, -0.2) is 44.5 Å². The normalized spacial score (nSPS) is 14.2. The fraction of sp³-hybridized carbons (Fsp3) is 1.00. The van der Waals surface area contributed by atoms with E-state index >= 15 is 0 Å². The van der Waals surface area contributed by atoms with E-state index in [4.69, 9.17) is 9.47 Å². The summed E-state index contributed by atoms with van der Waals surface area (Å²) in [6, 6.07) is 1.25. The summed E-state index contributed by atoms with van der Waals surface area (Å²) < 4.78 is 17.0. The molecule has 140 valence electrons. The molecule has 0 aliphatic heterocycles. The number of hydrogen-bond acceptors (Lipinski definition) is 2. The van der Waals surface area contributed by atoms with Gasteiger partial charge in [-0.1, -0.05) is 0 Å². The minimum absolute atomic E-state index is 0.185. The van der Waals surface area contributed by atoms with Gasteiger partial charge >= 0.3 is 152 Å². The van der Waals surface area contributed by atoms with Crippen molar-refractivity contribution in [1.29, 1.82) is 0 Å². The molecule has 0 radical (unpaired) electrons. The van der Waals surface area contributed by atoms with Crippen molar-refractivity contribution in [2.45, 2.75) is 103 Å². The van der Waals surface area contributed by atoms with Crippen LogP contribution in [0.1, 0.15) is 59.3 Å². The molecule has 4 heteroatoms. The first-order chi connectivity index (χ1) is 10.8. The monoisotopic (exact) mass is 452 g/mol. The maximum atomic E-state index is 6.43. The Morgan fingerprint density at radius 2 is 1.26 bits per heavy atom. The van der Waals surface area contributed by atoms with E-state index in [9.17, 15) is 0 Å². The Kier molecular flexibility index (Phi) is 13.7. The van der Waals surface area contributed by atoms with Crippen LogP contribution in [0.25, 0.3) is 0 Å². The number of methoxy groups -OCH3 is 1. The van der Waals surface area contributed by atoms with E-state index < -0.39 is 26.5 Å². The second kappa shape index (κ2) is 13.2. The summed E-state index contributed by atoms with van der Waals surface area (Å²) in [7, 11) is 0.868. The molecule has 0 aliphatic rings. The van der Waals surface area contributed by atoms with Crippen LogP contribution >= 0.6 is 0 Å². The molecule has 23 heavy (non-hydrogen) atoms. The first-order valence-corrected chi connectivity index (χ1v) is 21.4. The predicted molar refractivity (Wildman–Crippen MR) is 110 cm³/mol. The topological polar surface area (TPSA) is 18.5 Å². The molecular weight excluding hydrogens is 407 g/mol. The number of hydrogen-bond donors (Lipinski definition) is 0. The molecule has 1 atom stereocenters. The summed E-state index contributed by atoms with van der Waals surface area (Å²) >= 11 is -2.40. The third-order valence-corrected chi connectivity index (χ3v) is 22.2. The van der Waals surface area contributed by atoms with Crippen LogP contribution in [0.4, 0.5) is 0 Å². The summed E-state index contributed by atoms with van der Waals surface area (Å²) in [5, 5.41) is 0. The van der Waals surface area contributed by atoms with Crippen molar-refractivity contribution in [1.82, 2.24) is 0 Å². The summed E-state index contributed by atoms with van der Waals surface area (Å²) in [4.78, 5) is 0. The second-order valence-corrected chi connectivity index (χ2v) is 27.4. The van der Waals surface area contributed by atoms with Crippen LogP contribution in [0, 0.1) is 0 Å². The zero-order valence-corrected chi connectivity index (χ0v) is 21.0. The van der Waals surface area contributed by atoms with Gasteiger partial charge in [-0.05, 0) is 0 Å². The van der Waals surface area contributed by atoms with Gasteiger partial charge in [-0.3, -0.25) is 0 Å². The standard InChI is InChI=1S/C7H17O2Si.3C4H9.Sn/c1-8-7-9-5-6-10(2,3)4;3*1-3-4-2;/h7H,5-6H2,1-4H3;3*1,3-4H2,2H3;. The van der Waals surface area contributed by atoms with Gasteiger partial charge in [0.15, 0.2) is 0 Å². The summed E-state index contributed by atoms with van der Waals surface area (Å²) in [6.07, 6.45) is 8.05. The van der Waals surface area contributed by atoms with Gasteiger partial charge in [-0.15, -0.1) is 0 Å². The first-order valence-electron chi connectivity index (χ1n) is 9.99. The third-order valence-electron chi connectivity index (χ3n) is 4.92. The molecule has 2 nitrogen and oxygen atoms in total. The summed E-state index contributed by atoms with van der Waals surface area (Å²) in [5.41, 5.74) is 0. The average Bonchev–Trinajstić information content (AvgIpc) is 2.50. The molecule has 0 saturated heterocycles. The van der Waals surface area contributed by atoms with E-state index in [2.05, 4.69) is 40.4 Å². The SMILES string of the molecule is CCC[CH2][Sn]([CH2]CCC)([CH2]CCC)[CH](OC)OCC[Si](C)(C)C. The molecule has 1 unspecified atom stereocenters. The van der Waals surface area contributed by atoms with Crippen molar-refractivity contribution < 1.29 is 9.47 Å². The Bertz CT molecular complexity index is 257. The van der Waals surface area contributed by atoms with Crippen molar-refractivity contribution >= 4 is 26.5 Å². The number of unbranched alkanes of at least 4 members (excludes halogenated alkanes) is 3. The molecule has 0 aromatic rings. The molecule has 0 amide bonds. The molecular formula is C19H44O2SiSn. The first kappa shape index (κ1) is 23.9. The van der Waals surface area contributed by atoms with Crippen molar-refractivity contribution in [2.24, 2.45) is 0 Å². The van der Waals surface area contributed by atoms with Crippen LogP contribution in [0.2, 0.25) is 39.0 Å². The van der Waals surface area contributed by atoms with E-state index in [1.54, 1.807) is 0 Å². The van der Waals surface area contributed by atoms with Crippen LogP contribution in [0.5, 0.6) is 0 Å². The van der Waals surface area contributed by atoms with Crippen LogP contribution in [0.15, 0.2) is 0 Å². The zero-order chi connectivity index (χ0) is 17.8. The van der Waals surface area contributed by atoms with Gasteiger partial charge in [-0.25, -0.2) is 0 Å². The quantitative estimate of drug-likeness (QED) is 0.204. The summed E-state index contributed by atoms with van der Waals surface area (Å²) in [5.74, 6) is 0. The van der Waals surface area contributed by atoms with E-state index in [1.807, 2.05) is 7.11 Å². The molecule has 0 aromatic carbocycles.